The van der Waals surface area contributed by atoms with Crippen molar-refractivity contribution in [2.24, 2.45) is 0 Å². The Labute approximate surface area is 180 Å². The maximum Gasteiger partial charge on any atom is 0.326 e. The maximum absolute atomic E-state index is 12.2. The highest BCUT2D eigenvalue weighted by Gasteiger charge is 2.24. The van der Waals surface area contributed by atoms with Crippen molar-refractivity contribution in [1.29, 1.82) is 0 Å². The molecule has 2 aromatic heterocycles. The highest BCUT2D eigenvalue weighted by Crippen LogP contribution is 2.36. The van der Waals surface area contributed by atoms with E-state index in [1.54, 1.807) is 0 Å². The smallest absolute Gasteiger partial charge is 0.326 e. The number of nitrogens with zero attached hydrogens (tertiary/aromatic N) is 2. The van der Waals surface area contributed by atoms with E-state index in [4.69, 9.17) is 11.6 Å². The van der Waals surface area contributed by atoms with Crippen molar-refractivity contribution in [3.8, 4) is 0 Å². The van der Waals surface area contributed by atoms with Gasteiger partial charge in [0.25, 0.3) is 0 Å². The Balaban J connectivity index is 1.21. The summed E-state index contributed by atoms with van der Waals surface area (Å²) in [5.74, 6) is 0.574. The lowest BCUT2D eigenvalue weighted by Crippen LogP contribution is -2.34. The zero-order valence-corrected chi connectivity index (χ0v) is 18.0. The summed E-state index contributed by atoms with van der Waals surface area (Å²) >= 11 is 6.26. The lowest BCUT2D eigenvalue weighted by molar-refractivity contribution is 0.207. The lowest BCUT2D eigenvalue weighted by Gasteiger charge is -2.32. The number of para-hydroxylation sites is 2. The van der Waals surface area contributed by atoms with Crippen LogP contribution in [0, 0.1) is 6.92 Å². The molecule has 0 spiro atoms. The van der Waals surface area contributed by atoms with E-state index in [-0.39, 0.29) is 5.69 Å². The average Bonchev–Trinajstić information content (AvgIpc) is 3.24. The number of nitrogens with one attached hydrogen (secondary N) is 2. The van der Waals surface area contributed by atoms with Gasteiger partial charge in [-0.2, -0.15) is 0 Å². The van der Waals surface area contributed by atoms with Gasteiger partial charge in [-0.1, -0.05) is 23.7 Å². The molecule has 4 aromatic rings. The minimum Gasteiger partial charge on any atom is -0.358 e. The van der Waals surface area contributed by atoms with Crippen LogP contribution >= 0.6 is 11.6 Å². The van der Waals surface area contributed by atoms with Gasteiger partial charge in [-0.25, -0.2) is 4.79 Å². The van der Waals surface area contributed by atoms with Gasteiger partial charge in [0.05, 0.1) is 11.0 Å². The molecule has 1 aliphatic heterocycles. The van der Waals surface area contributed by atoms with Gasteiger partial charge in [-0.05, 0) is 87.6 Å². The number of imidazole rings is 1. The summed E-state index contributed by atoms with van der Waals surface area (Å²) in [7, 11) is 0. The van der Waals surface area contributed by atoms with Crippen LogP contribution in [0.4, 0.5) is 0 Å². The largest absolute Gasteiger partial charge is 0.358 e. The zero-order valence-electron chi connectivity index (χ0n) is 17.2. The minimum absolute atomic E-state index is 0.0108. The standard InChI is InChI=1S/C24H27ClN4O/c1-16-23(19-15-18(25)7-8-20(19)26-16)17-9-13-28(14-10-17)11-4-12-29-22-6-3-2-5-21(22)27-24(29)30/h2-3,5-8,15,17,26H,4,9-14H2,1H3,(H,27,30). The van der Waals surface area contributed by atoms with Crippen LogP contribution < -0.4 is 5.69 Å². The summed E-state index contributed by atoms with van der Waals surface area (Å²) < 4.78 is 1.86. The molecule has 0 aliphatic carbocycles. The van der Waals surface area contributed by atoms with Crippen LogP contribution in [0.25, 0.3) is 21.9 Å². The molecule has 2 N–H and O–H groups in total. The molecule has 30 heavy (non-hydrogen) atoms. The monoisotopic (exact) mass is 422 g/mol. The number of aromatic amines is 2. The number of piperidine rings is 1. The van der Waals surface area contributed by atoms with Crippen LogP contribution in [0.15, 0.2) is 47.3 Å². The Morgan fingerprint density at radius 2 is 1.83 bits per heavy atom. The van der Waals surface area contributed by atoms with E-state index in [1.807, 2.05) is 34.9 Å². The van der Waals surface area contributed by atoms with Crippen molar-refractivity contribution in [3.05, 3.63) is 69.2 Å². The number of aromatic nitrogens is 3. The zero-order chi connectivity index (χ0) is 20.7. The number of rotatable bonds is 5. The van der Waals surface area contributed by atoms with Crippen LogP contribution in [-0.2, 0) is 6.54 Å². The van der Waals surface area contributed by atoms with Crippen molar-refractivity contribution in [3.63, 3.8) is 0 Å². The predicted octanol–water partition coefficient (Wildman–Crippen LogP) is 5.04. The van der Waals surface area contributed by atoms with Crippen molar-refractivity contribution < 1.29 is 0 Å². The van der Waals surface area contributed by atoms with Gasteiger partial charge in [0.1, 0.15) is 0 Å². The second-order valence-electron chi connectivity index (χ2n) is 8.42. The number of hydrogen-bond donors (Lipinski definition) is 2. The molecular weight excluding hydrogens is 396 g/mol. The van der Waals surface area contributed by atoms with E-state index in [0.717, 1.165) is 61.5 Å². The Morgan fingerprint density at radius 1 is 1.03 bits per heavy atom. The van der Waals surface area contributed by atoms with Crippen molar-refractivity contribution in [2.45, 2.75) is 38.6 Å². The SMILES string of the molecule is Cc1[nH]c2ccc(Cl)cc2c1C1CCN(CCCn2c(=O)[nH]c3ccccc32)CC1. The molecule has 0 saturated carbocycles. The summed E-state index contributed by atoms with van der Waals surface area (Å²) in [5.41, 5.74) is 5.79. The lowest BCUT2D eigenvalue weighted by atomic mass is 9.87. The van der Waals surface area contributed by atoms with E-state index in [1.165, 1.54) is 22.2 Å². The van der Waals surface area contributed by atoms with Crippen LogP contribution in [0.1, 0.15) is 36.4 Å². The maximum atomic E-state index is 12.2. The Hall–Kier alpha value is -2.50. The summed E-state index contributed by atoms with van der Waals surface area (Å²) in [4.78, 5) is 21.2. The van der Waals surface area contributed by atoms with Gasteiger partial charge in [-0.3, -0.25) is 4.57 Å². The van der Waals surface area contributed by atoms with Crippen LogP contribution in [0.5, 0.6) is 0 Å². The molecule has 0 atom stereocenters. The molecule has 0 amide bonds. The minimum atomic E-state index is -0.0108. The second-order valence-corrected chi connectivity index (χ2v) is 8.86. The normalized spacial score (nSPS) is 16.1. The topological polar surface area (TPSA) is 56.8 Å². The molecule has 0 bridgehead atoms. The number of benzene rings is 2. The number of fused-ring (bicyclic) bond motifs is 2. The highest BCUT2D eigenvalue weighted by molar-refractivity contribution is 6.31. The van der Waals surface area contributed by atoms with Crippen molar-refractivity contribution in [1.82, 2.24) is 19.4 Å². The molecule has 1 saturated heterocycles. The van der Waals surface area contributed by atoms with E-state index >= 15 is 0 Å². The van der Waals surface area contributed by atoms with E-state index in [0.29, 0.717) is 5.92 Å². The molecule has 1 fully saturated rings. The number of likely N-dealkylation sites (tertiary alicyclic amines) is 1. The first-order chi connectivity index (χ1) is 14.6. The number of aryl methyl sites for hydroxylation is 2. The summed E-state index contributed by atoms with van der Waals surface area (Å²) in [6.07, 6.45) is 3.30. The Morgan fingerprint density at radius 3 is 2.67 bits per heavy atom. The van der Waals surface area contributed by atoms with E-state index < -0.39 is 0 Å². The van der Waals surface area contributed by atoms with Crippen molar-refractivity contribution >= 4 is 33.5 Å². The third-order valence-corrected chi connectivity index (χ3v) is 6.77. The summed E-state index contributed by atoms with van der Waals surface area (Å²) in [6.45, 7) is 6.15. The third-order valence-electron chi connectivity index (χ3n) is 6.53. The number of hydrogen-bond acceptors (Lipinski definition) is 2. The molecule has 0 radical (unpaired) electrons. The van der Waals surface area contributed by atoms with Crippen molar-refractivity contribution in [2.75, 3.05) is 19.6 Å². The van der Waals surface area contributed by atoms with Crippen LogP contribution in [-0.4, -0.2) is 39.1 Å². The first-order valence-electron chi connectivity index (χ1n) is 10.8. The summed E-state index contributed by atoms with van der Waals surface area (Å²) in [6, 6.07) is 14.0. The van der Waals surface area contributed by atoms with Gasteiger partial charge in [0.2, 0.25) is 0 Å². The van der Waals surface area contributed by atoms with Crippen LogP contribution in [0.3, 0.4) is 0 Å². The Bertz CT molecular complexity index is 1240. The summed E-state index contributed by atoms with van der Waals surface area (Å²) in [5, 5.41) is 2.07. The molecular formula is C24H27ClN4O. The molecule has 5 rings (SSSR count). The Kier molecular flexibility index (Phi) is 5.17. The molecule has 0 unspecified atom stereocenters. The number of H-pyrrole nitrogens is 2. The first-order valence-corrected chi connectivity index (χ1v) is 11.2. The van der Waals surface area contributed by atoms with Gasteiger partial charge in [-0.15, -0.1) is 0 Å². The average molecular weight is 423 g/mol. The molecule has 2 aromatic carbocycles. The molecule has 1 aliphatic rings. The quantitative estimate of drug-likeness (QED) is 0.473. The third kappa shape index (κ3) is 3.57. The van der Waals surface area contributed by atoms with Gasteiger partial charge >= 0.3 is 5.69 Å². The van der Waals surface area contributed by atoms with Gasteiger partial charge < -0.3 is 14.9 Å². The molecule has 6 heteroatoms. The first kappa shape index (κ1) is 19.5. The van der Waals surface area contributed by atoms with Crippen LogP contribution in [0.2, 0.25) is 5.02 Å². The van der Waals surface area contributed by atoms with E-state index in [2.05, 4.69) is 33.9 Å². The fourth-order valence-electron chi connectivity index (χ4n) is 5.07. The van der Waals surface area contributed by atoms with E-state index in [9.17, 15) is 4.79 Å². The second kappa shape index (κ2) is 7.97. The molecule has 5 nitrogen and oxygen atoms in total. The highest BCUT2D eigenvalue weighted by atomic mass is 35.5. The van der Waals surface area contributed by atoms with Gasteiger partial charge in [0.15, 0.2) is 0 Å². The fourth-order valence-corrected chi connectivity index (χ4v) is 5.24. The number of halogens is 1. The predicted molar refractivity (Wildman–Crippen MR) is 124 cm³/mol. The fraction of sp³-hybridized carbons (Fsp3) is 0.375. The molecule has 3 heterocycles. The van der Waals surface area contributed by atoms with Gasteiger partial charge in [0, 0.05) is 28.2 Å². The molecule has 156 valence electrons.